The second-order valence-electron chi connectivity index (χ2n) is 17.1. The monoisotopic (exact) mass is 1200 g/mol. The Balaban J connectivity index is 1.39. The van der Waals surface area contributed by atoms with E-state index in [1.165, 1.54) is 31.3 Å². The van der Waals surface area contributed by atoms with Gasteiger partial charge >= 0.3 is 5.97 Å². The minimum Gasteiger partial charge on any atom is -0.456 e. The fourth-order valence-electron chi connectivity index (χ4n) is 8.24. The highest BCUT2D eigenvalue weighted by Crippen LogP contribution is 2.42. The zero-order chi connectivity index (χ0) is 57.7. The number of carbonyl (C=O) groups excluding carboxylic acids is 4. The van der Waals surface area contributed by atoms with E-state index < -0.39 is 132 Å². The Hall–Kier alpha value is -7.02. The average Bonchev–Trinajstić information content (AvgIpc) is 3.80. The van der Waals surface area contributed by atoms with E-state index in [0.717, 1.165) is 59.5 Å². The predicted molar refractivity (Wildman–Crippen MR) is 266 cm³/mol. The van der Waals surface area contributed by atoms with E-state index in [0.29, 0.717) is 17.2 Å². The number of hydrogen-bond acceptors (Lipinski definition) is 19. The molecule has 27 nitrogen and oxygen atoms in total. The number of carbonyl (C=O) groups is 4. The lowest BCUT2D eigenvalue weighted by Crippen LogP contribution is -2.33. The maximum Gasteiger partial charge on any atom is 0.333 e. The van der Waals surface area contributed by atoms with Gasteiger partial charge in [-0.3, -0.25) is 41.7 Å². The normalized spacial score (nSPS) is 14.4. The van der Waals surface area contributed by atoms with Crippen LogP contribution in [0.5, 0.6) is 11.5 Å². The van der Waals surface area contributed by atoms with Crippen LogP contribution in [0.3, 0.4) is 0 Å². The Morgan fingerprint density at radius 1 is 0.641 bits per heavy atom. The van der Waals surface area contributed by atoms with E-state index in [4.69, 9.17) is 9.57 Å². The number of benzene rings is 5. The lowest BCUT2D eigenvalue weighted by molar-refractivity contribution is -0.197. The zero-order valence-electron chi connectivity index (χ0n) is 39.7. The first kappa shape index (κ1) is 58.7. The molecule has 0 unspecified atom stereocenters. The lowest BCUT2D eigenvalue weighted by Gasteiger charge is -2.26. The molecular weight excluding hydrogens is 1160 g/mol. The van der Waals surface area contributed by atoms with Gasteiger partial charge in [-0.25, -0.2) is 4.79 Å². The molecule has 2 aliphatic rings. The number of hydroxylamine groups is 2. The van der Waals surface area contributed by atoms with E-state index in [1.54, 1.807) is 0 Å². The zero-order valence-corrected chi connectivity index (χ0v) is 44.6. The summed E-state index contributed by atoms with van der Waals surface area (Å²) in [6.45, 7) is -0.933. The summed E-state index contributed by atoms with van der Waals surface area (Å²) in [6, 6.07) is 13.5. The van der Waals surface area contributed by atoms with Crippen molar-refractivity contribution in [1.29, 1.82) is 0 Å². The molecule has 0 atom stereocenters. The van der Waals surface area contributed by atoms with Crippen molar-refractivity contribution in [2.75, 3.05) is 18.9 Å². The fourth-order valence-corrected chi connectivity index (χ4v) is 12.3. The Morgan fingerprint density at radius 3 is 1.76 bits per heavy atom. The van der Waals surface area contributed by atoms with Crippen LogP contribution in [-0.2, 0) is 92.9 Å². The van der Waals surface area contributed by atoms with E-state index >= 15 is 0 Å². The molecule has 5 aromatic rings. The number of aryl methyl sites for hydroxylation is 1. The number of rotatable bonds is 19. The summed E-state index contributed by atoms with van der Waals surface area (Å²) in [4.78, 5) is 51.2. The van der Waals surface area contributed by atoms with Crippen LogP contribution in [0, 0.1) is 0 Å². The number of imide groups is 1. The van der Waals surface area contributed by atoms with Gasteiger partial charge in [0.15, 0.2) is 0 Å². The van der Waals surface area contributed by atoms with Gasteiger partial charge in [0, 0.05) is 67.4 Å². The SMILES string of the molecule is CN(CCCC(=O)ON1C(=O)CCC1=O)C(=O)c1ccccc1C1=c2cc(S(=O)(=O)O)/c(=C/CCc3ccc(S(=O)(=O)O)cc3S(=O)(=O)O)cc2Oc2cc(NCc3ccc(S(=O)(=O)O)cc3S(=O)(=O)O)c(S(=O)(=O)O)cc21. The Labute approximate surface area is 443 Å². The highest BCUT2D eigenvalue weighted by molar-refractivity contribution is 7.87. The molecule has 7 N–H and O–H groups in total. The first-order valence-electron chi connectivity index (χ1n) is 22.0. The molecule has 0 bridgehead atoms. The molecule has 0 saturated carbocycles. The molecule has 0 spiro atoms. The second kappa shape index (κ2) is 21.7. The van der Waals surface area contributed by atoms with Crippen LogP contribution in [-0.4, -0.2) is 125 Å². The molecule has 416 valence electrons. The second-order valence-corrected chi connectivity index (χ2v) is 25.5. The van der Waals surface area contributed by atoms with Gasteiger partial charge in [-0.15, -0.1) is 5.06 Å². The van der Waals surface area contributed by atoms with Crippen LogP contribution in [0.4, 0.5) is 5.69 Å². The summed E-state index contributed by atoms with van der Waals surface area (Å²) in [7, 11) is -29.7. The molecule has 3 amide bonds. The standard InChI is InChI=1S/C45H41N3O24S6/c1-47(17-5-10-43(51)72-48-41(49)15-16-42(48)50)45(52)31-9-3-2-8-30(31)44-32-21-39(77(65,66)67)26(7-4-6-25-11-13-28(73(53,54)55)19-37(25)75(59,60)61)18-35(32)71-36-23-34(40(22-33(36)44)78(68,69)70)46-24-27-12-14-29(74(56,57)58)20-38(27)76(62,63)64/h2-3,7-9,11-14,18-23,46H,4-6,10,15-17,24H2,1H3,(H,53,54,55)(H,56,57,58)(H,59,60,61)(H,62,63,64)(H,65,66,67)(H,68,69,70)/b26-7+. The lowest BCUT2D eigenvalue weighted by atomic mass is 9.89. The van der Waals surface area contributed by atoms with Crippen LogP contribution in [0.25, 0.3) is 11.6 Å². The number of nitrogens with zero attached hydrogens (tertiary/aromatic N) is 2. The van der Waals surface area contributed by atoms with Crippen LogP contribution in [0.1, 0.15) is 64.7 Å². The van der Waals surface area contributed by atoms with Crippen molar-refractivity contribution in [3.8, 4) is 11.5 Å². The molecule has 0 aromatic heterocycles. The van der Waals surface area contributed by atoms with Crippen LogP contribution in [0.2, 0.25) is 0 Å². The highest BCUT2D eigenvalue weighted by Gasteiger charge is 2.34. The topological polar surface area (TPSA) is 431 Å². The highest BCUT2D eigenvalue weighted by atomic mass is 32.2. The number of nitrogens with one attached hydrogen (secondary N) is 1. The van der Waals surface area contributed by atoms with Crippen LogP contribution in [0.15, 0.2) is 114 Å². The van der Waals surface area contributed by atoms with Gasteiger partial charge in [0.1, 0.15) is 26.2 Å². The smallest absolute Gasteiger partial charge is 0.333 e. The molecule has 5 aromatic carbocycles. The minimum absolute atomic E-state index is 0.0799. The summed E-state index contributed by atoms with van der Waals surface area (Å²) in [5.74, 6) is -3.81. The minimum atomic E-state index is -5.38. The molecule has 7 rings (SSSR count). The van der Waals surface area contributed by atoms with Crippen molar-refractivity contribution in [1.82, 2.24) is 9.96 Å². The Morgan fingerprint density at radius 2 is 1.19 bits per heavy atom. The largest absolute Gasteiger partial charge is 0.456 e. The number of anilines is 1. The van der Waals surface area contributed by atoms with E-state index in [9.17, 15) is 97.0 Å². The third-order valence-corrected chi connectivity index (χ3v) is 17.2. The van der Waals surface area contributed by atoms with Crippen LogP contribution < -0.4 is 20.5 Å². The molecule has 1 saturated heterocycles. The van der Waals surface area contributed by atoms with Gasteiger partial charge in [-0.1, -0.05) is 36.4 Å². The molecule has 78 heavy (non-hydrogen) atoms. The van der Waals surface area contributed by atoms with Crippen LogP contribution >= 0.6 is 0 Å². The van der Waals surface area contributed by atoms with Gasteiger partial charge in [0.05, 0.1) is 20.4 Å². The van der Waals surface area contributed by atoms with Gasteiger partial charge in [0.2, 0.25) is 0 Å². The first-order valence-corrected chi connectivity index (χ1v) is 30.7. The Kier molecular flexibility index (Phi) is 16.3. The summed E-state index contributed by atoms with van der Waals surface area (Å²) in [5, 5.41) is 2.31. The molecule has 0 radical (unpaired) electrons. The predicted octanol–water partition coefficient (Wildman–Crippen LogP) is 2.00. The quantitative estimate of drug-likeness (QED) is 0.0450. The third-order valence-electron chi connectivity index (χ3n) is 11.8. The van der Waals surface area contributed by atoms with E-state index in [2.05, 4.69) is 5.32 Å². The maximum atomic E-state index is 14.4. The van der Waals surface area contributed by atoms with Gasteiger partial charge in [-0.05, 0) is 89.7 Å². The van der Waals surface area contributed by atoms with Gasteiger partial charge in [0.25, 0.3) is 78.4 Å². The summed E-state index contributed by atoms with van der Waals surface area (Å²) < 4.78 is 216. The van der Waals surface area contributed by atoms with E-state index in [1.807, 2.05) is 0 Å². The number of amides is 3. The summed E-state index contributed by atoms with van der Waals surface area (Å²) in [5.41, 5.74) is -1.95. The maximum absolute atomic E-state index is 14.4. The number of hydrogen-bond donors (Lipinski definition) is 7. The van der Waals surface area contributed by atoms with Crippen molar-refractivity contribution in [3.63, 3.8) is 0 Å². The van der Waals surface area contributed by atoms with Crippen molar-refractivity contribution in [2.45, 2.75) is 74.4 Å². The molecular formula is C45H41N3O24S6. The number of ether oxygens (including phenoxy) is 1. The molecule has 2 heterocycles. The summed E-state index contributed by atoms with van der Waals surface area (Å²) >= 11 is 0. The summed E-state index contributed by atoms with van der Waals surface area (Å²) in [6.07, 6.45) is -0.325. The fraction of sp³-hybridized carbons (Fsp3) is 0.200. The molecule has 33 heteroatoms. The van der Waals surface area contributed by atoms with Crippen molar-refractivity contribution < 1.29 is 107 Å². The molecule has 0 aliphatic carbocycles. The Bertz CT molecular complexity index is 4230. The van der Waals surface area contributed by atoms with Crippen molar-refractivity contribution in [2.24, 2.45) is 0 Å². The van der Waals surface area contributed by atoms with Crippen molar-refractivity contribution in [3.05, 3.63) is 123 Å². The third kappa shape index (κ3) is 13.1. The van der Waals surface area contributed by atoms with Gasteiger partial charge < -0.3 is 19.8 Å². The number of fused-ring (bicyclic) bond motifs is 2. The van der Waals surface area contributed by atoms with Gasteiger partial charge in [-0.2, -0.15) is 50.5 Å². The first-order chi connectivity index (χ1) is 36.0. The average molecular weight is 1200 g/mol. The molecule has 2 aliphatic heterocycles. The van der Waals surface area contributed by atoms with Crippen molar-refractivity contribution >= 4 is 102 Å². The molecule has 1 fully saturated rings. The van der Waals surface area contributed by atoms with E-state index in [-0.39, 0.29) is 94.8 Å².